The molecule has 1 saturated carbocycles. The number of nitrogens with zero attached hydrogens (tertiary/aromatic N) is 1. The van der Waals surface area contributed by atoms with Gasteiger partial charge >= 0.3 is 0 Å². The monoisotopic (exact) mass is 267 g/mol. The highest BCUT2D eigenvalue weighted by Gasteiger charge is 2.34. The van der Waals surface area contributed by atoms with Crippen LogP contribution in [-0.4, -0.2) is 50.1 Å². The van der Waals surface area contributed by atoms with Crippen molar-refractivity contribution in [3.63, 3.8) is 0 Å². The Balaban J connectivity index is 1.71. The lowest BCUT2D eigenvalue weighted by Gasteiger charge is -2.40. The number of rotatable bonds is 5. The molecule has 110 valence electrons. The van der Waals surface area contributed by atoms with Gasteiger partial charge in [-0.2, -0.15) is 0 Å². The Hall–Kier alpha value is -0.610. The number of amides is 1. The molecule has 1 aliphatic carbocycles. The van der Waals surface area contributed by atoms with Crippen molar-refractivity contribution >= 4 is 5.91 Å². The van der Waals surface area contributed by atoms with E-state index in [1.54, 1.807) is 0 Å². The number of hydrogen-bond donors (Lipinski definition) is 2. The number of carbonyl (C=O) groups is 1. The van der Waals surface area contributed by atoms with Crippen molar-refractivity contribution < 1.29 is 4.79 Å². The molecule has 0 aromatic rings. The highest BCUT2D eigenvalue weighted by molar-refractivity contribution is 5.76. The first-order chi connectivity index (χ1) is 8.99. The summed E-state index contributed by atoms with van der Waals surface area (Å²) < 4.78 is 0. The van der Waals surface area contributed by atoms with E-state index in [9.17, 15) is 4.79 Å². The summed E-state index contributed by atoms with van der Waals surface area (Å²) in [5, 5.41) is 6.50. The molecule has 1 saturated heterocycles. The van der Waals surface area contributed by atoms with Gasteiger partial charge in [0.25, 0.3) is 0 Å². The van der Waals surface area contributed by atoms with Crippen LogP contribution in [0.2, 0.25) is 0 Å². The van der Waals surface area contributed by atoms with Gasteiger partial charge in [0.1, 0.15) is 0 Å². The molecule has 1 aliphatic heterocycles. The zero-order valence-corrected chi connectivity index (χ0v) is 12.7. The Morgan fingerprint density at radius 3 is 2.74 bits per heavy atom. The van der Waals surface area contributed by atoms with Gasteiger partial charge in [0.2, 0.25) is 5.91 Å². The average molecular weight is 267 g/mol. The van der Waals surface area contributed by atoms with Crippen molar-refractivity contribution in [3.8, 4) is 0 Å². The van der Waals surface area contributed by atoms with Gasteiger partial charge in [-0.15, -0.1) is 0 Å². The van der Waals surface area contributed by atoms with Gasteiger partial charge in [0.05, 0.1) is 0 Å². The number of carbonyl (C=O) groups excluding carboxylic acids is 1. The Morgan fingerprint density at radius 1 is 1.42 bits per heavy atom. The summed E-state index contributed by atoms with van der Waals surface area (Å²) in [6, 6.07) is 0.348. The largest absolute Gasteiger partial charge is 0.356 e. The number of likely N-dealkylation sites (N-methyl/N-ethyl adjacent to an activating group) is 1. The molecule has 1 atom stereocenters. The van der Waals surface area contributed by atoms with Crippen LogP contribution < -0.4 is 10.6 Å². The smallest absolute Gasteiger partial charge is 0.221 e. The summed E-state index contributed by atoms with van der Waals surface area (Å²) in [5.41, 5.74) is 0.255. The van der Waals surface area contributed by atoms with Crippen LogP contribution in [0.1, 0.15) is 39.5 Å². The Bertz CT molecular complexity index is 313. The summed E-state index contributed by atoms with van der Waals surface area (Å²) >= 11 is 0. The van der Waals surface area contributed by atoms with E-state index >= 15 is 0 Å². The molecule has 1 heterocycles. The van der Waals surface area contributed by atoms with Crippen LogP contribution in [-0.2, 0) is 4.79 Å². The lowest BCUT2D eigenvalue weighted by molar-refractivity contribution is -0.123. The molecule has 0 spiro atoms. The van der Waals surface area contributed by atoms with E-state index in [4.69, 9.17) is 0 Å². The minimum absolute atomic E-state index is 0.202. The van der Waals surface area contributed by atoms with Gasteiger partial charge in [-0.05, 0) is 31.2 Å². The molecule has 0 bridgehead atoms. The van der Waals surface area contributed by atoms with Crippen LogP contribution in [0.25, 0.3) is 0 Å². The lowest BCUT2D eigenvalue weighted by Crippen LogP contribution is -2.51. The average Bonchev–Trinajstić information content (AvgIpc) is 2.27. The van der Waals surface area contributed by atoms with Gasteiger partial charge < -0.3 is 15.5 Å². The van der Waals surface area contributed by atoms with E-state index < -0.39 is 0 Å². The van der Waals surface area contributed by atoms with Gasteiger partial charge in [-0.1, -0.05) is 20.3 Å². The van der Waals surface area contributed by atoms with E-state index in [2.05, 4.69) is 36.4 Å². The van der Waals surface area contributed by atoms with Crippen LogP contribution in [0.3, 0.4) is 0 Å². The van der Waals surface area contributed by atoms with E-state index in [0.29, 0.717) is 12.5 Å². The molecular weight excluding hydrogens is 238 g/mol. The quantitative estimate of drug-likeness (QED) is 0.787. The van der Waals surface area contributed by atoms with Crippen molar-refractivity contribution in [2.75, 3.05) is 33.2 Å². The Kier molecular flexibility index (Phi) is 4.85. The van der Waals surface area contributed by atoms with Gasteiger partial charge in [-0.25, -0.2) is 0 Å². The minimum Gasteiger partial charge on any atom is -0.356 e. The zero-order valence-electron chi connectivity index (χ0n) is 12.7. The van der Waals surface area contributed by atoms with E-state index in [1.165, 1.54) is 19.3 Å². The first-order valence-corrected chi connectivity index (χ1v) is 7.67. The first kappa shape index (κ1) is 14.8. The normalized spacial score (nSPS) is 25.9. The molecule has 2 aliphatic rings. The molecular formula is C15H29N3O. The second-order valence-electron chi connectivity index (χ2n) is 6.94. The summed E-state index contributed by atoms with van der Waals surface area (Å²) in [6.45, 7) is 8.38. The lowest BCUT2D eigenvalue weighted by atomic mass is 9.67. The molecule has 0 aromatic carbocycles. The van der Waals surface area contributed by atoms with E-state index in [0.717, 1.165) is 32.1 Å². The summed E-state index contributed by atoms with van der Waals surface area (Å²) in [5.74, 6) is 1.000. The number of hydrogen-bond acceptors (Lipinski definition) is 3. The van der Waals surface area contributed by atoms with Crippen molar-refractivity contribution in [2.24, 2.45) is 11.3 Å². The molecule has 4 heteroatoms. The highest BCUT2D eigenvalue weighted by atomic mass is 16.1. The predicted molar refractivity (Wildman–Crippen MR) is 78.0 cm³/mol. The van der Waals surface area contributed by atoms with Crippen molar-refractivity contribution in [2.45, 2.75) is 45.6 Å². The highest BCUT2D eigenvalue weighted by Crippen LogP contribution is 2.41. The van der Waals surface area contributed by atoms with Gasteiger partial charge in [-0.3, -0.25) is 4.79 Å². The second kappa shape index (κ2) is 6.23. The minimum atomic E-state index is 0.202. The Morgan fingerprint density at radius 2 is 2.16 bits per heavy atom. The topological polar surface area (TPSA) is 44.4 Å². The van der Waals surface area contributed by atoms with Crippen LogP contribution >= 0.6 is 0 Å². The molecule has 0 radical (unpaired) electrons. The fourth-order valence-corrected chi connectivity index (χ4v) is 3.04. The Labute approximate surface area is 117 Å². The zero-order chi connectivity index (χ0) is 13.9. The third-order valence-corrected chi connectivity index (χ3v) is 5.02. The molecule has 1 amide bonds. The third kappa shape index (κ3) is 3.93. The fourth-order valence-electron chi connectivity index (χ4n) is 3.04. The van der Waals surface area contributed by atoms with Gasteiger partial charge in [0, 0.05) is 38.6 Å². The molecule has 19 heavy (non-hydrogen) atoms. The first-order valence-electron chi connectivity index (χ1n) is 7.67. The van der Waals surface area contributed by atoms with Crippen molar-refractivity contribution in [1.29, 1.82) is 0 Å². The standard InChI is InChI=1S/C15H29N3O/c1-15(2,12-5-4-6-12)11-17-14(19)9-13-10-16-7-8-18(13)3/h12-13,16H,4-11H2,1-3H3,(H,17,19). The van der Waals surface area contributed by atoms with Gasteiger partial charge in [0.15, 0.2) is 0 Å². The molecule has 2 rings (SSSR count). The molecule has 1 unspecified atom stereocenters. The number of nitrogens with one attached hydrogen (secondary N) is 2. The third-order valence-electron chi connectivity index (χ3n) is 5.02. The predicted octanol–water partition coefficient (Wildman–Crippen LogP) is 1.22. The number of piperazine rings is 1. The molecule has 4 nitrogen and oxygen atoms in total. The summed E-state index contributed by atoms with van der Waals surface area (Å²) in [6.07, 6.45) is 4.64. The SMILES string of the molecule is CN1CCNCC1CC(=O)NCC(C)(C)C1CCC1. The summed E-state index contributed by atoms with van der Waals surface area (Å²) in [4.78, 5) is 14.4. The second-order valence-corrected chi connectivity index (χ2v) is 6.94. The molecule has 2 N–H and O–H groups in total. The van der Waals surface area contributed by atoms with Crippen molar-refractivity contribution in [3.05, 3.63) is 0 Å². The fraction of sp³-hybridized carbons (Fsp3) is 0.933. The summed E-state index contributed by atoms with van der Waals surface area (Å²) in [7, 11) is 2.11. The van der Waals surface area contributed by atoms with Crippen LogP contribution in [0, 0.1) is 11.3 Å². The maximum Gasteiger partial charge on any atom is 0.221 e. The van der Waals surface area contributed by atoms with Crippen molar-refractivity contribution in [1.82, 2.24) is 15.5 Å². The molecule has 0 aromatic heterocycles. The maximum atomic E-state index is 12.1. The maximum absolute atomic E-state index is 12.1. The van der Waals surface area contributed by atoms with Crippen LogP contribution in [0.15, 0.2) is 0 Å². The molecule has 2 fully saturated rings. The van der Waals surface area contributed by atoms with E-state index in [1.807, 2.05) is 0 Å². The van der Waals surface area contributed by atoms with Crippen LogP contribution in [0.4, 0.5) is 0 Å². The van der Waals surface area contributed by atoms with Crippen LogP contribution in [0.5, 0.6) is 0 Å². The van der Waals surface area contributed by atoms with E-state index in [-0.39, 0.29) is 11.3 Å².